The quantitative estimate of drug-likeness (QED) is 0.405. The molecule has 13 heavy (non-hydrogen) atoms. The van der Waals surface area contributed by atoms with Crippen LogP contribution in [0.3, 0.4) is 0 Å². The Balaban J connectivity index is 2.39. The van der Waals surface area contributed by atoms with E-state index in [1.54, 1.807) is 0 Å². The van der Waals surface area contributed by atoms with E-state index < -0.39 is 0 Å². The van der Waals surface area contributed by atoms with Gasteiger partial charge in [-0.2, -0.15) is 11.8 Å². The Morgan fingerprint density at radius 3 is 3.00 bits per heavy atom. The van der Waals surface area contributed by atoms with Crippen molar-refractivity contribution < 1.29 is 0 Å². The molecule has 3 heteroatoms. The molecule has 76 valence electrons. The Kier molecular flexibility index (Phi) is 5.51. The van der Waals surface area contributed by atoms with Gasteiger partial charge in [0.05, 0.1) is 6.04 Å². The van der Waals surface area contributed by atoms with Crippen LogP contribution in [0, 0.1) is 0 Å². The Bertz CT molecular complexity index is 168. The minimum atomic E-state index is 0.408. The highest BCUT2D eigenvalue weighted by molar-refractivity contribution is 7.99. The molecule has 0 amide bonds. The van der Waals surface area contributed by atoms with Crippen LogP contribution in [0.25, 0.3) is 0 Å². The first-order chi connectivity index (χ1) is 6.38. The molecule has 1 atom stereocenters. The zero-order valence-electron chi connectivity index (χ0n) is 8.38. The highest BCUT2D eigenvalue weighted by Crippen LogP contribution is 2.21. The van der Waals surface area contributed by atoms with Gasteiger partial charge in [0.15, 0.2) is 0 Å². The second kappa shape index (κ2) is 6.46. The second-order valence-corrected chi connectivity index (χ2v) is 4.72. The first kappa shape index (κ1) is 11.1. The van der Waals surface area contributed by atoms with E-state index in [0.717, 1.165) is 5.75 Å². The molecule has 0 heterocycles. The van der Waals surface area contributed by atoms with Crippen molar-refractivity contribution in [2.24, 2.45) is 5.84 Å². The smallest absolute Gasteiger partial charge is 0.0510 e. The van der Waals surface area contributed by atoms with E-state index in [0.29, 0.717) is 6.04 Å². The molecule has 0 aromatic heterocycles. The summed E-state index contributed by atoms with van der Waals surface area (Å²) in [5.41, 5.74) is 4.44. The van der Waals surface area contributed by atoms with Gasteiger partial charge < -0.3 is 0 Å². The van der Waals surface area contributed by atoms with Crippen molar-refractivity contribution in [1.29, 1.82) is 0 Å². The lowest BCUT2D eigenvalue weighted by Gasteiger charge is -2.22. The summed E-state index contributed by atoms with van der Waals surface area (Å²) >= 11 is 1.95. The maximum Gasteiger partial charge on any atom is 0.0510 e. The summed E-state index contributed by atoms with van der Waals surface area (Å²) in [6, 6.07) is 0.408. The van der Waals surface area contributed by atoms with Gasteiger partial charge in [0, 0.05) is 5.75 Å². The summed E-state index contributed by atoms with van der Waals surface area (Å²) in [6.45, 7) is 2.19. The van der Waals surface area contributed by atoms with E-state index >= 15 is 0 Å². The average Bonchev–Trinajstić information content (AvgIpc) is 2.21. The molecule has 0 aromatic carbocycles. The van der Waals surface area contributed by atoms with Gasteiger partial charge in [0.25, 0.3) is 0 Å². The molecule has 0 bridgehead atoms. The Hall–Kier alpha value is 0.0100. The van der Waals surface area contributed by atoms with Crippen molar-refractivity contribution in [3.05, 3.63) is 11.6 Å². The standard InChI is InChI=1S/C10H20N2S/c1-2-13-8-10(12-11)9-6-4-3-5-7-9/h6,10,12H,2-5,7-8,11H2,1H3. The van der Waals surface area contributed by atoms with Gasteiger partial charge in [-0.3, -0.25) is 11.3 Å². The van der Waals surface area contributed by atoms with E-state index in [9.17, 15) is 0 Å². The number of rotatable bonds is 5. The molecule has 0 saturated heterocycles. The summed E-state index contributed by atoms with van der Waals surface area (Å²) in [7, 11) is 0. The molecule has 0 spiro atoms. The van der Waals surface area contributed by atoms with E-state index in [2.05, 4.69) is 18.4 Å². The van der Waals surface area contributed by atoms with E-state index in [-0.39, 0.29) is 0 Å². The number of hydrazine groups is 1. The number of hydrogen-bond acceptors (Lipinski definition) is 3. The fourth-order valence-electron chi connectivity index (χ4n) is 1.68. The predicted octanol–water partition coefficient (Wildman–Crippen LogP) is 2.07. The van der Waals surface area contributed by atoms with Gasteiger partial charge in [-0.15, -0.1) is 0 Å². The number of thioether (sulfide) groups is 1. The first-order valence-electron chi connectivity index (χ1n) is 5.11. The highest BCUT2D eigenvalue weighted by Gasteiger charge is 2.13. The van der Waals surface area contributed by atoms with Gasteiger partial charge in [0.2, 0.25) is 0 Å². The van der Waals surface area contributed by atoms with E-state index in [1.165, 1.54) is 37.0 Å². The summed E-state index contributed by atoms with van der Waals surface area (Å²) in [6.07, 6.45) is 7.52. The van der Waals surface area contributed by atoms with Crippen LogP contribution in [-0.4, -0.2) is 17.5 Å². The van der Waals surface area contributed by atoms with Crippen LogP contribution in [-0.2, 0) is 0 Å². The fourth-order valence-corrected chi connectivity index (χ4v) is 2.46. The molecule has 1 unspecified atom stereocenters. The summed E-state index contributed by atoms with van der Waals surface area (Å²) in [5, 5.41) is 0. The topological polar surface area (TPSA) is 38.0 Å². The molecule has 0 radical (unpaired) electrons. The first-order valence-corrected chi connectivity index (χ1v) is 6.26. The van der Waals surface area contributed by atoms with Gasteiger partial charge in [-0.05, 0) is 31.4 Å². The number of nitrogens with one attached hydrogen (secondary N) is 1. The van der Waals surface area contributed by atoms with Crippen molar-refractivity contribution in [2.45, 2.75) is 38.6 Å². The average molecular weight is 200 g/mol. The molecule has 1 rings (SSSR count). The molecule has 0 aliphatic heterocycles. The van der Waals surface area contributed by atoms with Crippen LogP contribution in [0.15, 0.2) is 11.6 Å². The maximum absolute atomic E-state index is 5.54. The molecular formula is C10H20N2S. The minimum absolute atomic E-state index is 0.408. The molecule has 3 N–H and O–H groups in total. The Morgan fingerprint density at radius 1 is 1.62 bits per heavy atom. The van der Waals surface area contributed by atoms with Crippen molar-refractivity contribution in [2.75, 3.05) is 11.5 Å². The monoisotopic (exact) mass is 200 g/mol. The van der Waals surface area contributed by atoms with E-state index in [4.69, 9.17) is 5.84 Å². The van der Waals surface area contributed by atoms with E-state index in [1.807, 2.05) is 11.8 Å². The van der Waals surface area contributed by atoms with Crippen molar-refractivity contribution >= 4 is 11.8 Å². The van der Waals surface area contributed by atoms with Crippen LogP contribution in [0.1, 0.15) is 32.6 Å². The lowest BCUT2D eigenvalue weighted by molar-refractivity contribution is 0.582. The molecule has 1 aliphatic carbocycles. The minimum Gasteiger partial charge on any atom is -0.271 e. The summed E-state index contributed by atoms with van der Waals surface area (Å²) in [4.78, 5) is 0. The number of allylic oxidation sites excluding steroid dienone is 1. The van der Waals surface area contributed by atoms with Crippen LogP contribution < -0.4 is 11.3 Å². The Morgan fingerprint density at radius 2 is 2.46 bits per heavy atom. The highest BCUT2D eigenvalue weighted by atomic mass is 32.2. The second-order valence-electron chi connectivity index (χ2n) is 3.40. The maximum atomic E-state index is 5.54. The van der Waals surface area contributed by atoms with Crippen LogP contribution >= 0.6 is 11.8 Å². The lowest BCUT2D eigenvalue weighted by Crippen LogP contribution is -2.39. The van der Waals surface area contributed by atoms with Crippen LogP contribution in [0.2, 0.25) is 0 Å². The molecule has 0 saturated carbocycles. The van der Waals surface area contributed by atoms with Gasteiger partial charge in [-0.1, -0.05) is 18.6 Å². The third-order valence-corrected chi connectivity index (χ3v) is 3.44. The summed E-state index contributed by atoms with van der Waals surface area (Å²) < 4.78 is 0. The third kappa shape index (κ3) is 3.71. The van der Waals surface area contributed by atoms with Crippen LogP contribution in [0.4, 0.5) is 0 Å². The van der Waals surface area contributed by atoms with Crippen LogP contribution in [0.5, 0.6) is 0 Å². The largest absolute Gasteiger partial charge is 0.271 e. The van der Waals surface area contributed by atoms with Gasteiger partial charge >= 0.3 is 0 Å². The SMILES string of the molecule is CCSCC(NN)C1=CCCCC1. The van der Waals surface area contributed by atoms with Crippen molar-refractivity contribution in [1.82, 2.24) is 5.43 Å². The third-order valence-electron chi connectivity index (χ3n) is 2.46. The fraction of sp³-hybridized carbons (Fsp3) is 0.800. The van der Waals surface area contributed by atoms with Crippen molar-refractivity contribution in [3.63, 3.8) is 0 Å². The van der Waals surface area contributed by atoms with Gasteiger partial charge in [-0.25, -0.2) is 0 Å². The molecule has 0 aromatic rings. The predicted molar refractivity (Wildman–Crippen MR) is 60.7 cm³/mol. The number of hydrogen-bond donors (Lipinski definition) is 2. The molecule has 1 aliphatic rings. The molecule has 2 nitrogen and oxygen atoms in total. The zero-order chi connectivity index (χ0) is 9.52. The number of nitrogens with two attached hydrogens (primary N) is 1. The van der Waals surface area contributed by atoms with Gasteiger partial charge in [0.1, 0.15) is 0 Å². The zero-order valence-corrected chi connectivity index (χ0v) is 9.20. The normalized spacial score (nSPS) is 19.7. The van der Waals surface area contributed by atoms with Crippen molar-refractivity contribution in [3.8, 4) is 0 Å². The lowest BCUT2D eigenvalue weighted by atomic mass is 9.95. The Labute approximate surface area is 85.3 Å². The summed E-state index contributed by atoms with van der Waals surface area (Å²) in [5.74, 6) is 7.82. The molecule has 0 fully saturated rings. The molecular weight excluding hydrogens is 180 g/mol.